The normalized spacial score (nSPS) is 14.7. The number of ether oxygens (including phenoxy) is 1. The van der Waals surface area contributed by atoms with Crippen LogP contribution in [0.4, 0.5) is 5.69 Å². The van der Waals surface area contributed by atoms with Crippen molar-refractivity contribution in [1.82, 2.24) is 4.72 Å². The van der Waals surface area contributed by atoms with E-state index in [9.17, 15) is 13.2 Å². The van der Waals surface area contributed by atoms with Gasteiger partial charge >= 0.3 is 5.97 Å². The first-order valence-corrected chi connectivity index (χ1v) is 7.27. The fourth-order valence-corrected chi connectivity index (χ4v) is 2.78. The monoisotopic (exact) mass is 286 g/mol. The number of carbonyl (C=O) groups is 1. The third kappa shape index (κ3) is 3.68. The van der Waals surface area contributed by atoms with E-state index in [1.54, 1.807) is 31.2 Å². The number of nitrogens with one attached hydrogen (secondary N) is 1. The molecule has 0 aliphatic rings. The molecule has 2 unspecified atom stereocenters. The van der Waals surface area contributed by atoms with Crippen molar-refractivity contribution in [3.05, 3.63) is 29.8 Å². The summed E-state index contributed by atoms with van der Waals surface area (Å²) in [5, 5.41) is -1.27. The van der Waals surface area contributed by atoms with Crippen molar-refractivity contribution in [2.45, 2.75) is 25.1 Å². The Morgan fingerprint density at radius 2 is 1.89 bits per heavy atom. The molecule has 0 aliphatic heterocycles. The van der Waals surface area contributed by atoms with Crippen LogP contribution in [0.5, 0.6) is 0 Å². The van der Waals surface area contributed by atoms with Gasteiger partial charge in [-0.25, -0.2) is 13.1 Å². The van der Waals surface area contributed by atoms with Crippen LogP contribution in [-0.2, 0) is 19.6 Å². The molecule has 1 aromatic carbocycles. The van der Waals surface area contributed by atoms with Gasteiger partial charge in [-0.05, 0) is 25.5 Å². The van der Waals surface area contributed by atoms with Gasteiger partial charge in [0, 0.05) is 11.7 Å². The number of carbonyl (C=O) groups excluding carboxylic acids is 1. The standard InChI is InChI=1S/C12H18N2O4S/c1-8(10-6-4-5-7-11(10)13)14-19(16,17)9(2)12(15)18-3/h4-9,14H,13H2,1-3H3. The largest absolute Gasteiger partial charge is 0.468 e. The lowest BCUT2D eigenvalue weighted by Crippen LogP contribution is -2.39. The molecule has 0 saturated carbocycles. The average molecular weight is 286 g/mol. The van der Waals surface area contributed by atoms with E-state index in [2.05, 4.69) is 9.46 Å². The number of esters is 1. The van der Waals surface area contributed by atoms with Gasteiger partial charge in [-0.3, -0.25) is 4.79 Å². The number of benzene rings is 1. The van der Waals surface area contributed by atoms with Crippen LogP contribution in [0.25, 0.3) is 0 Å². The Kier molecular flexibility index (Phi) is 4.90. The fourth-order valence-electron chi connectivity index (χ4n) is 1.61. The van der Waals surface area contributed by atoms with E-state index in [0.717, 1.165) is 7.11 Å². The van der Waals surface area contributed by atoms with Crippen LogP contribution in [0.15, 0.2) is 24.3 Å². The second-order valence-electron chi connectivity index (χ2n) is 4.18. The lowest BCUT2D eigenvalue weighted by molar-refractivity contribution is -0.139. The van der Waals surface area contributed by atoms with Crippen molar-refractivity contribution in [1.29, 1.82) is 0 Å². The highest BCUT2D eigenvalue weighted by Crippen LogP contribution is 2.20. The van der Waals surface area contributed by atoms with Gasteiger partial charge in [0.05, 0.1) is 7.11 Å². The number of rotatable bonds is 5. The van der Waals surface area contributed by atoms with E-state index in [0.29, 0.717) is 11.3 Å². The quantitative estimate of drug-likeness (QED) is 0.616. The molecule has 6 nitrogen and oxygen atoms in total. The molecule has 0 amide bonds. The summed E-state index contributed by atoms with van der Waals surface area (Å²) in [5.41, 5.74) is 6.92. The van der Waals surface area contributed by atoms with Gasteiger partial charge in [0.1, 0.15) is 0 Å². The molecule has 1 aromatic rings. The van der Waals surface area contributed by atoms with Gasteiger partial charge in [-0.15, -0.1) is 0 Å². The van der Waals surface area contributed by atoms with Gasteiger partial charge in [0.2, 0.25) is 10.0 Å². The number of nitrogen functional groups attached to an aromatic ring is 1. The van der Waals surface area contributed by atoms with Gasteiger partial charge in [0.25, 0.3) is 0 Å². The maximum atomic E-state index is 12.0. The first kappa shape index (κ1) is 15.5. The summed E-state index contributed by atoms with van der Waals surface area (Å²) < 4.78 is 30.8. The molecule has 0 saturated heterocycles. The fraction of sp³-hybridized carbons (Fsp3) is 0.417. The van der Waals surface area contributed by atoms with Crippen LogP contribution in [-0.4, -0.2) is 26.7 Å². The van der Waals surface area contributed by atoms with Gasteiger partial charge < -0.3 is 10.5 Å². The van der Waals surface area contributed by atoms with Crippen molar-refractivity contribution < 1.29 is 17.9 Å². The summed E-state index contributed by atoms with van der Waals surface area (Å²) in [6, 6.07) is 6.41. The Balaban J connectivity index is 2.90. The summed E-state index contributed by atoms with van der Waals surface area (Å²) in [4.78, 5) is 11.3. The highest BCUT2D eigenvalue weighted by Gasteiger charge is 2.30. The van der Waals surface area contributed by atoms with Crippen molar-refractivity contribution in [3.63, 3.8) is 0 Å². The SMILES string of the molecule is COC(=O)C(C)S(=O)(=O)NC(C)c1ccccc1N. The molecule has 0 spiro atoms. The highest BCUT2D eigenvalue weighted by molar-refractivity contribution is 7.90. The third-order valence-corrected chi connectivity index (χ3v) is 4.61. The molecule has 0 radical (unpaired) electrons. The zero-order valence-electron chi connectivity index (χ0n) is 11.1. The Morgan fingerprint density at radius 3 is 2.42 bits per heavy atom. The van der Waals surface area contributed by atoms with E-state index in [4.69, 9.17) is 5.73 Å². The minimum atomic E-state index is -3.82. The van der Waals surface area contributed by atoms with Gasteiger partial charge in [-0.2, -0.15) is 0 Å². The predicted octanol–water partition coefficient (Wildman–Crippen LogP) is 0.811. The third-order valence-electron chi connectivity index (χ3n) is 2.80. The Labute approximate surface area is 113 Å². The van der Waals surface area contributed by atoms with E-state index in [1.165, 1.54) is 6.92 Å². The molecule has 7 heteroatoms. The van der Waals surface area contributed by atoms with Crippen LogP contribution in [0.1, 0.15) is 25.5 Å². The van der Waals surface area contributed by atoms with Gasteiger partial charge in [-0.1, -0.05) is 18.2 Å². The van der Waals surface area contributed by atoms with E-state index >= 15 is 0 Å². The van der Waals surface area contributed by atoms with E-state index in [-0.39, 0.29) is 0 Å². The highest BCUT2D eigenvalue weighted by atomic mass is 32.2. The first-order chi connectivity index (χ1) is 8.79. The van der Waals surface area contributed by atoms with Crippen molar-refractivity contribution in [2.75, 3.05) is 12.8 Å². The zero-order chi connectivity index (χ0) is 14.6. The average Bonchev–Trinajstić information content (AvgIpc) is 2.36. The molecular formula is C12H18N2O4S. The maximum absolute atomic E-state index is 12.0. The molecule has 19 heavy (non-hydrogen) atoms. The lowest BCUT2D eigenvalue weighted by Gasteiger charge is -2.18. The molecule has 106 valence electrons. The molecule has 0 heterocycles. The van der Waals surface area contributed by atoms with E-state index in [1.807, 2.05) is 0 Å². The van der Waals surface area contributed by atoms with Crippen LogP contribution in [0.3, 0.4) is 0 Å². The minimum absolute atomic E-state index is 0.489. The minimum Gasteiger partial charge on any atom is -0.468 e. The first-order valence-electron chi connectivity index (χ1n) is 5.73. The number of anilines is 1. The van der Waals surface area contributed by atoms with Crippen LogP contribution in [0, 0.1) is 0 Å². The Bertz CT molecular complexity index is 557. The summed E-state index contributed by atoms with van der Waals surface area (Å²) >= 11 is 0. The number of methoxy groups -OCH3 is 1. The molecule has 2 atom stereocenters. The molecule has 0 aliphatic carbocycles. The number of hydrogen-bond acceptors (Lipinski definition) is 5. The van der Waals surface area contributed by atoms with Gasteiger partial charge in [0.15, 0.2) is 5.25 Å². The summed E-state index contributed by atoms with van der Waals surface area (Å²) in [6.45, 7) is 2.93. The summed E-state index contributed by atoms with van der Waals surface area (Å²) in [6.07, 6.45) is 0. The molecular weight excluding hydrogens is 268 g/mol. The maximum Gasteiger partial charge on any atom is 0.325 e. The topological polar surface area (TPSA) is 98.5 Å². The Hall–Kier alpha value is -1.60. The number of para-hydroxylation sites is 1. The second-order valence-corrected chi connectivity index (χ2v) is 6.21. The van der Waals surface area contributed by atoms with Crippen molar-refractivity contribution in [3.8, 4) is 0 Å². The predicted molar refractivity (Wildman–Crippen MR) is 72.8 cm³/mol. The number of nitrogens with two attached hydrogens (primary N) is 1. The molecule has 0 fully saturated rings. The molecule has 0 bridgehead atoms. The zero-order valence-corrected chi connectivity index (χ0v) is 11.9. The summed E-state index contributed by atoms with van der Waals surface area (Å²) in [7, 11) is -2.67. The van der Waals surface area contributed by atoms with Crippen LogP contribution in [0.2, 0.25) is 0 Å². The van der Waals surface area contributed by atoms with Crippen molar-refractivity contribution in [2.24, 2.45) is 0 Å². The molecule has 1 rings (SSSR count). The summed E-state index contributed by atoms with van der Waals surface area (Å²) in [5.74, 6) is -0.805. The lowest BCUT2D eigenvalue weighted by atomic mass is 10.1. The number of sulfonamides is 1. The number of hydrogen-bond donors (Lipinski definition) is 2. The van der Waals surface area contributed by atoms with Crippen molar-refractivity contribution >= 4 is 21.7 Å². The Morgan fingerprint density at radius 1 is 1.32 bits per heavy atom. The van der Waals surface area contributed by atoms with E-state index < -0.39 is 27.3 Å². The molecule has 0 aromatic heterocycles. The second kappa shape index (κ2) is 6.03. The smallest absolute Gasteiger partial charge is 0.325 e. The molecule has 3 N–H and O–H groups in total. The van der Waals surface area contributed by atoms with Crippen LogP contribution >= 0.6 is 0 Å². The van der Waals surface area contributed by atoms with Crippen LogP contribution < -0.4 is 10.5 Å².